The summed E-state index contributed by atoms with van der Waals surface area (Å²) in [6.45, 7) is 6.53. The first kappa shape index (κ1) is 17.3. The van der Waals surface area contributed by atoms with Gasteiger partial charge in [0, 0.05) is 25.0 Å². The second-order valence-electron chi connectivity index (χ2n) is 9.63. The summed E-state index contributed by atoms with van der Waals surface area (Å²) in [4.78, 5) is 2.78. The molecule has 1 aromatic carbocycles. The van der Waals surface area contributed by atoms with Gasteiger partial charge in [-0.3, -0.25) is 0 Å². The molecular weight excluding hydrogens is 316 g/mol. The molecule has 1 aromatic rings. The molecule has 2 saturated heterocycles. The van der Waals surface area contributed by atoms with Crippen LogP contribution in [0.15, 0.2) is 24.3 Å². The predicted octanol–water partition coefficient (Wildman–Crippen LogP) is 4.38. The lowest BCUT2D eigenvalue weighted by atomic mass is 9.54. The molecule has 2 heterocycles. The summed E-state index contributed by atoms with van der Waals surface area (Å²) in [6.07, 6.45) is 13.0. The SMILES string of the molecule is c1ccc2c(c1)CCCC2(C1CCCC1)C1CCN(CC2CNC2)CC1. The second-order valence-corrected chi connectivity index (χ2v) is 9.63. The van der Waals surface area contributed by atoms with Gasteiger partial charge < -0.3 is 10.2 Å². The lowest BCUT2D eigenvalue weighted by Crippen LogP contribution is -2.52. The van der Waals surface area contributed by atoms with Gasteiger partial charge in [-0.25, -0.2) is 0 Å². The van der Waals surface area contributed by atoms with Crippen molar-refractivity contribution in [1.82, 2.24) is 10.2 Å². The third-order valence-corrected chi connectivity index (χ3v) is 8.34. The van der Waals surface area contributed by atoms with Gasteiger partial charge in [-0.2, -0.15) is 0 Å². The quantitative estimate of drug-likeness (QED) is 0.865. The lowest BCUT2D eigenvalue weighted by molar-refractivity contribution is 0.0627. The van der Waals surface area contributed by atoms with E-state index in [1.165, 1.54) is 90.5 Å². The molecule has 2 nitrogen and oxygen atoms in total. The van der Waals surface area contributed by atoms with E-state index < -0.39 is 0 Å². The molecule has 1 atom stereocenters. The molecule has 0 aromatic heterocycles. The highest BCUT2D eigenvalue weighted by Gasteiger charge is 2.49. The smallest absolute Gasteiger partial charge is 0.00340 e. The normalized spacial score (nSPS) is 31.7. The van der Waals surface area contributed by atoms with Crippen molar-refractivity contribution in [3.8, 4) is 0 Å². The van der Waals surface area contributed by atoms with Crippen molar-refractivity contribution in [2.24, 2.45) is 17.8 Å². The summed E-state index contributed by atoms with van der Waals surface area (Å²) in [7, 11) is 0. The van der Waals surface area contributed by atoms with Crippen LogP contribution in [0, 0.1) is 17.8 Å². The monoisotopic (exact) mass is 352 g/mol. The number of nitrogens with zero attached hydrogens (tertiary/aromatic N) is 1. The summed E-state index contributed by atoms with van der Waals surface area (Å²) in [5.41, 5.74) is 3.98. The van der Waals surface area contributed by atoms with Crippen molar-refractivity contribution in [3.63, 3.8) is 0 Å². The van der Waals surface area contributed by atoms with E-state index in [9.17, 15) is 0 Å². The summed E-state index contributed by atoms with van der Waals surface area (Å²) >= 11 is 0. The molecule has 0 amide bonds. The van der Waals surface area contributed by atoms with Gasteiger partial charge in [0.05, 0.1) is 0 Å². The third kappa shape index (κ3) is 2.94. The van der Waals surface area contributed by atoms with Crippen LogP contribution in [-0.2, 0) is 11.8 Å². The third-order valence-electron chi connectivity index (χ3n) is 8.34. The Morgan fingerprint density at radius 3 is 2.38 bits per heavy atom. The molecular formula is C24H36N2. The van der Waals surface area contributed by atoms with E-state index in [1.54, 1.807) is 11.1 Å². The lowest BCUT2D eigenvalue weighted by Gasteiger charge is -2.52. The Kier molecular flexibility index (Phi) is 4.83. The topological polar surface area (TPSA) is 15.3 Å². The van der Waals surface area contributed by atoms with Crippen molar-refractivity contribution < 1.29 is 0 Å². The van der Waals surface area contributed by atoms with E-state index >= 15 is 0 Å². The minimum absolute atomic E-state index is 0.509. The van der Waals surface area contributed by atoms with Crippen molar-refractivity contribution in [2.75, 3.05) is 32.7 Å². The molecule has 2 heteroatoms. The fourth-order valence-electron chi connectivity index (χ4n) is 6.99. The largest absolute Gasteiger partial charge is 0.316 e. The highest BCUT2D eigenvalue weighted by Crippen LogP contribution is 2.55. The Balaban J connectivity index is 1.39. The van der Waals surface area contributed by atoms with Gasteiger partial charge in [-0.05, 0) is 86.9 Å². The van der Waals surface area contributed by atoms with Crippen LogP contribution >= 0.6 is 0 Å². The van der Waals surface area contributed by atoms with Crippen LogP contribution < -0.4 is 5.32 Å². The molecule has 2 aliphatic heterocycles. The summed E-state index contributed by atoms with van der Waals surface area (Å²) in [5.74, 6) is 2.80. The molecule has 2 aliphatic carbocycles. The van der Waals surface area contributed by atoms with Crippen molar-refractivity contribution in [2.45, 2.75) is 63.2 Å². The highest BCUT2D eigenvalue weighted by molar-refractivity contribution is 5.39. The highest BCUT2D eigenvalue weighted by atomic mass is 15.1. The van der Waals surface area contributed by atoms with Crippen LogP contribution in [0.2, 0.25) is 0 Å². The van der Waals surface area contributed by atoms with E-state index in [-0.39, 0.29) is 0 Å². The Bertz CT molecular complexity index is 608. The maximum absolute atomic E-state index is 3.44. The number of hydrogen-bond acceptors (Lipinski definition) is 2. The standard InChI is InChI=1S/C24H36N2/c1-4-10-23-20(6-1)7-5-13-24(23,21-8-2-3-9-21)22-11-14-26(15-12-22)18-19-16-25-17-19/h1,4,6,10,19,21-22,25H,2-3,5,7-9,11-18H2. The fourth-order valence-corrected chi connectivity index (χ4v) is 6.99. The first-order valence-corrected chi connectivity index (χ1v) is 11.4. The van der Waals surface area contributed by atoms with Crippen LogP contribution in [0.1, 0.15) is 62.5 Å². The molecule has 1 N–H and O–H groups in total. The number of fused-ring (bicyclic) bond motifs is 1. The molecule has 1 saturated carbocycles. The predicted molar refractivity (Wildman–Crippen MR) is 109 cm³/mol. The Labute approximate surface area is 159 Å². The average Bonchev–Trinajstić information content (AvgIpc) is 3.20. The van der Waals surface area contributed by atoms with Gasteiger partial charge in [0.25, 0.3) is 0 Å². The van der Waals surface area contributed by atoms with Crippen LogP contribution in [0.4, 0.5) is 0 Å². The van der Waals surface area contributed by atoms with E-state index in [4.69, 9.17) is 0 Å². The molecule has 1 unspecified atom stereocenters. The molecule has 5 rings (SSSR count). The maximum Gasteiger partial charge on any atom is 0.00340 e. The minimum atomic E-state index is 0.509. The van der Waals surface area contributed by atoms with E-state index in [0.29, 0.717) is 5.41 Å². The van der Waals surface area contributed by atoms with Crippen molar-refractivity contribution in [3.05, 3.63) is 35.4 Å². The molecule has 26 heavy (non-hydrogen) atoms. The van der Waals surface area contributed by atoms with Gasteiger partial charge in [0.15, 0.2) is 0 Å². The average molecular weight is 353 g/mol. The van der Waals surface area contributed by atoms with Gasteiger partial charge in [0.1, 0.15) is 0 Å². The van der Waals surface area contributed by atoms with E-state index in [1.807, 2.05) is 0 Å². The Hall–Kier alpha value is -0.860. The summed E-state index contributed by atoms with van der Waals surface area (Å²) in [6, 6.07) is 9.57. The molecule has 3 fully saturated rings. The van der Waals surface area contributed by atoms with Crippen LogP contribution in [-0.4, -0.2) is 37.6 Å². The number of benzene rings is 1. The second kappa shape index (κ2) is 7.28. The fraction of sp³-hybridized carbons (Fsp3) is 0.750. The van der Waals surface area contributed by atoms with Crippen LogP contribution in [0.25, 0.3) is 0 Å². The zero-order valence-electron chi connectivity index (χ0n) is 16.4. The number of likely N-dealkylation sites (tertiary alicyclic amines) is 1. The van der Waals surface area contributed by atoms with Crippen molar-refractivity contribution >= 4 is 0 Å². The molecule has 4 aliphatic rings. The number of hydrogen-bond donors (Lipinski definition) is 1. The van der Waals surface area contributed by atoms with E-state index in [2.05, 4.69) is 34.5 Å². The zero-order valence-corrected chi connectivity index (χ0v) is 16.4. The summed E-state index contributed by atoms with van der Waals surface area (Å²) in [5, 5.41) is 3.44. The van der Waals surface area contributed by atoms with Gasteiger partial charge in [0.2, 0.25) is 0 Å². The van der Waals surface area contributed by atoms with Crippen molar-refractivity contribution in [1.29, 1.82) is 0 Å². The zero-order chi connectivity index (χ0) is 17.4. The van der Waals surface area contributed by atoms with Gasteiger partial charge in [-0.15, -0.1) is 0 Å². The first-order chi connectivity index (χ1) is 12.9. The van der Waals surface area contributed by atoms with Crippen LogP contribution in [0.3, 0.4) is 0 Å². The summed E-state index contributed by atoms with van der Waals surface area (Å²) < 4.78 is 0. The van der Waals surface area contributed by atoms with Gasteiger partial charge >= 0.3 is 0 Å². The van der Waals surface area contributed by atoms with Crippen LogP contribution in [0.5, 0.6) is 0 Å². The first-order valence-electron chi connectivity index (χ1n) is 11.4. The molecule has 0 spiro atoms. The van der Waals surface area contributed by atoms with E-state index in [0.717, 1.165) is 17.8 Å². The number of piperidine rings is 1. The van der Waals surface area contributed by atoms with Gasteiger partial charge in [-0.1, -0.05) is 37.1 Å². The maximum atomic E-state index is 3.44. The molecule has 142 valence electrons. The number of aryl methyl sites for hydroxylation is 1. The molecule has 0 radical (unpaired) electrons. The minimum Gasteiger partial charge on any atom is -0.316 e. The number of nitrogens with one attached hydrogen (secondary N) is 1. The molecule has 0 bridgehead atoms. The Morgan fingerprint density at radius 2 is 1.65 bits per heavy atom. The Morgan fingerprint density at radius 1 is 0.923 bits per heavy atom. The number of rotatable bonds is 4.